The van der Waals surface area contributed by atoms with Crippen LogP contribution < -0.4 is 11.2 Å². The topological polar surface area (TPSA) is 59.6 Å². The number of aliphatic imine (C=N–C) groups is 1. The fourth-order valence-corrected chi connectivity index (χ4v) is 1.75. The largest absolute Gasteiger partial charge is 0.369 e. The molecule has 6 heteroatoms. The molecule has 0 radical (unpaired) electrons. The van der Waals surface area contributed by atoms with Crippen LogP contribution in [-0.2, 0) is 13.1 Å². The summed E-state index contributed by atoms with van der Waals surface area (Å²) >= 11 is 0. The van der Waals surface area contributed by atoms with Crippen molar-refractivity contribution in [3.05, 3.63) is 26.9 Å². The summed E-state index contributed by atoms with van der Waals surface area (Å²) in [5.41, 5.74) is -0.563. The van der Waals surface area contributed by atoms with Crippen LogP contribution >= 0.6 is 0 Å². The van der Waals surface area contributed by atoms with Gasteiger partial charge in [-0.05, 0) is 12.8 Å². The maximum atomic E-state index is 12.3. The van der Waals surface area contributed by atoms with E-state index in [0.29, 0.717) is 18.9 Å². The minimum atomic E-state index is -0.287. The van der Waals surface area contributed by atoms with Crippen molar-refractivity contribution in [2.45, 2.75) is 39.8 Å². The predicted octanol–water partition coefficient (Wildman–Crippen LogP) is 1.05. The van der Waals surface area contributed by atoms with Gasteiger partial charge in [-0.2, -0.15) is 0 Å². The smallest absolute Gasteiger partial charge is 0.332 e. The Balaban J connectivity index is 3.39. The van der Waals surface area contributed by atoms with Crippen LogP contribution in [-0.4, -0.2) is 34.5 Å². The van der Waals surface area contributed by atoms with E-state index >= 15 is 0 Å². The van der Waals surface area contributed by atoms with E-state index in [4.69, 9.17) is 0 Å². The molecule has 0 aliphatic heterocycles. The quantitative estimate of drug-likeness (QED) is 0.571. The van der Waals surface area contributed by atoms with Gasteiger partial charge in [0.25, 0.3) is 5.56 Å². The molecule has 0 spiro atoms. The van der Waals surface area contributed by atoms with Gasteiger partial charge in [-0.25, -0.2) is 9.79 Å². The van der Waals surface area contributed by atoms with Crippen LogP contribution in [0.5, 0.6) is 0 Å². The fourth-order valence-electron chi connectivity index (χ4n) is 1.75. The van der Waals surface area contributed by atoms with E-state index in [-0.39, 0.29) is 11.2 Å². The lowest BCUT2D eigenvalue weighted by Crippen LogP contribution is -2.39. The minimum Gasteiger partial charge on any atom is -0.369 e. The van der Waals surface area contributed by atoms with E-state index in [2.05, 4.69) is 4.99 Å². The Morgan fingerprint density at radius 3 is 2.26 bits per heavy atom. The van der Waals surface area contributed by atoms with Crippen molar-refractivity contribution in [2.75, 3.05) is 14.1 Å². The molecule has 0 unspecified atom stereocenters. The highest BCUT2D eigenvalue weighted by molar-refractivity contribution is 5.58. The molecule has 0 aliphatic rings. The summed E-state index contributed by atoms with van der Waals surface area (Å²) < 4.78 is 2.82. The van der Waals surface area contributed by atoms with Crippen molar-refractivity contribution in [1.82, 2.24) is 14.0 Å². The molecular formula is C13H22N4O2. The van der Waals surface area contributed by atoms with Gasteiger partial charge in [-0.1, -0.05) is 13.8 Å². The highest BCUT2D eigenvalue weighted by Crippen LogP contribution is 2.06. The summed E-state index contributed by atoms with van der Waals surface area (Å²) in [6, 6.07) is 1.42. The van der Waals surface area contributed by atoms with Gasteiger partial charge in [0, 0.05) is 33.3 Å². The van der Waals surface area contributed by atoms with Gasteiger partial charge in [0.15, 0.2) is 0 Å². The zero-order valence-corrected chi connectivity index (χ0v) is 12.1. The van der Waals surface area contributed by atoms with Gasteiger partial charge < -0.3 is 4.90 Å². The molecule has 0 fully saturated rings. The van der Waals surface area contributed by atoms with Crippen LogP contribution in [0.3, 0.4) is 0 Å². The maximum Gasteiger partial charge on any atom is 0.332 e. The first-order valence-corrected chi connectivity index (χ1v) is 6.56. The van der Waals surface area contributed by atoms with Gasteiger partial charge >= 0.3 is 5.69 Å². The monoisotopic (exact) mass is 266 g/mol. The average molecular weight is 266 g/mol. The van der Waals surface area contributed by atoms with Crippen LogP contribution in [0, 0.1) is 0 Å². The number of hydrogen-bond acceptors (Lipinski definition) is 3. The first kappa shape index (κ1) is 15.2. The SMILES string of the molecule is CCCn1c(N=CN(C)C)cc(=O)n(CCC)c1=O. The summed E-state index contributed by atoms with van der Waals surface area (Å²) in [4.78, 5) is 30.1. The van der Waals surface area contributed by atoms with Gasteiger partial charge in [-0.3, -0.25) is 13.9 Å². The van der Waals surface area contributed by atoms with Crippen LogP contribution in [0.2, 0.25) is 0 Å². The van der Waals surface area contributed by atoms with Crippen LogP contribution in [0.1, 0.15) is 26.7 Å². The second-order valence-corrected chi connectivity index (χ2v) is 4.63. The van der Waals surface area contributed by atoms with Crippen LogP contribution in [0.15, 0.2) is 20.6 Å². The van der Waals surface area contributed by atoms with E-state index in [0.717, 1.165) is 12.8 Å². The van der Waals surface area contributed by atoms with Crippen molar-refractivity contribution in [1.29, 1.82) is 0 Å². The van der Waals surface area contributed by atoms with E-state index in [9.17, 15) is 9.59 Å². The van der Waals surface area contributed by atoms with E-state index < -0.39 is 0 Å². The summed E-state index contributed by atoms with van der Waals surface area (Å²) in [6.45, 7) is 4.93. The van der Waals surface area contributed by atoms with Crippen LogP contribution in [0.25, 0.3) is 0 Å². The molecule has 1 aromatic heterocycles. The molecule has 0 atom stereocenters. The van der Waals surface area contributed by atoms with E-state index in [1.54, 1.807) is 15.8 Å². The van der Waals surface area contributed by atoms with Gasteiger partial charge in [0.05, 0.1) is 6.34 Å². The standard InChI is InChI=1S/C13H22N4O2/c1-5-7-16-11(14-10-15(3)4)9-12(18)17(8-6-2)13(16)19/h9-10H,5-8H2,1-4H3. The molecule has 1 aromatic rings. The Kier molecular flexibility index (Phi) is 5.54. The molecule has 0 N–H and O–H groups in total. The minimum absolute atomic E-state index is 0.276. The molecule has 0 aliphatic carbocycles. The highest BCUT2D eigenvalue weighted by atomic mass is 16.2. The summed E-state index contributed by atoms with van der Waals surface area (Å²) in [5.74, 6) is 0.415. The zero-order valence-electron chi connectivity index (χ0n) is 12.1. The van der Waals surface area contributed by atoms with E-state index in [1.165, 1.54) is 10.6 Å². The van der Waals surface area contributed by atoms with Gasteiger partial charge in [0.1, 0.15) is 5.82 Å². The zero-order chi connectivity index (χ0) is 14.4. The normalized spacial score (nSPS) is 11.2. The lowest BCUT2D eigenvalue weighted by Gasteiger charge is -2.12. The summed E-state index contributed by atoms with van der Waals surface area (Å²) in [5, 5.41) is 0. The summed E-state index contributed by atoms with van der Waals surface area (Å²) in [6.07, 6.45) is 3.15. The Hall–Kier alpha value is -1.85. The molecule has 1 rings (SSSR count). The van der Waals surface area contributed by atoms with Gasteiger partial charge in [0.2, 0.25) is 0 Å². The Bertz CT molecular complexity index is 555. The lowest BCUT2D eigenvalue weighted by molar-refractivity contribution is 0.542. The Morgan fingerprint density at radius 1 is 1.16 bits per heavy atom. The Labute approximate surface area is 113 Å². The molecule has 19 heavy (non-hydrogen) atoms. The van der Waals surface area contributed by atoms with Crippen molar-refractivity contribution in [2.24, 2.45) is 4.99 Å². The fraction of sp³-hybridized carbons (Fsp3) is 0.615. The predicted molar refractivity (Wildman–Crippen MR) is 77.4 cm³/mol. The first-order valence-electron chi connectivity index (χ1n) is 6.56. The second-order valence-electron chi connectivity index (χ2n) is 4.63. The Morgan fingerprint density at radius 2 is 1.74 bits per heavy atom. The molecule has 0 aromatic carbocycles. The molecule has 6 nitrogen and oxygen atoms in total. The van der Waals surface area contributed by atoms with Crippen molar-refractivity contribution in [3.63, 3.8) is 0 Å². The molecule has 1 heterocycles. The number of aromatic nitrogens is 2. The molecule has 106 valence electrons. The van der Waals surface area contributed by atoms with Gasteiger partial charge in [-0.15, -0.1) is 0 Å². The molecular weight excluding hydrogens is 244 g/mol. The summed E-state index contributed by atoms with van der Waals surface area (Å²) in [7, 11) is 3.67. The number of rotatable bonds is 6. The second kappa shape index (κ2) is 6.92. The highest BCUT2D eigenvalue weighted by Gasteiger charge is 2.09. The molecule has 0 amide bonds. The number of nitrogens with zero attached hydrogens (tertiary/aromatic N) is 4. The third kappa shape index (κ3) is 3.81. The third-order valence-corrected chi connectivity index (χ3v) is 2.57. The molecule has 0 saturated carbocycles. The maximum absolute atomic E-state index is 12.3. The van der Waals surface area contributed by atoms with Crippen molar-refractivity contribution < 1.29 is 0 Å². The number of hydrogen-bond donors (Lipinski definition) is 0. The molecule has 0 saturated heterocycles. The third-order valence-electron chi connectivity index (χ3n) is 2.57. The van der Waals surface area contributed by atoms with Crippen molar-refractivity contribution in [3.8, 4) is 0 Å². The molecule has 0 bridgehead atoms. The first-order chi connectivity index (χ1) is 9.01. The average Bonchev–Trinajstić information content (AvgIpc) is 2.35. The lowest BCUT2D eigenvalue weighted by atomic mass is 10.4. The van der Waals surface area contributed by atoms with Crippen LogP contribution in [0.4, 0.5) is 5.82 Å². The van der Waals surface area contributed by atoms with Crippen molar-refractivity contribution >= 4 is 12.2 Å². The van der Waals surface area contributed by atoms with E-state index in [1.807, 2.05) is 27.9 Å².